The van der Waals surface area contributed by atoms with Gasteiger partial charge in [0, 0.05) is 44.8 Å². The average molecular weight is 605 g/mol. The van der Waals surface area contributed by atoms with E-state index >= 15 is 0 Å². The Labute approximate surface area is 226 Å². The third kappa shape index (κ3) is 5.10. The van der Waals surface area contributed by atoms with Gasteiger partial charge in [-0.05, 0) is 64.3 Å². The van der Waals surface area contributed by atoms with E-state index in [2.05, 4.69) is 35.8 Å². The van der Waals surface area contributed by atoms with Gasteiger partial charge in [-0.15, -0.1) is 0 Å². The number of sulfonamides is 1. The molecule has 0 radical (unpaired) electrons. The Morgan fingerprint density at radius 3 is 2.39 bits per heavy atom. The minimum atomic E-state index is -3.71. The number of hydrogen-bond acceptors (Lipinski definition) is 6. The van der Waals surface area contributed by atoms with Gasteiger partial charge in [-0.2, -0.15) is 4.31 Å². The highest BCUT2D eigenvalue weighted by atomic mass is 79.9. The summed E-state index contributed by atoms with van der Waals surface area (Å²) < 4.78 is 43.3. The van der Waals surface area contributed by atoms with Gasteiger partial charge >= 0.3 is 5.69 Å². The first kappa shape index (κ1) is 26.5. The SMILES string of the molecule is CCCn1c(=O)[nH]c2nc(-c3ccc(S(=O)(=O)N4CCN(Cc5ccc(Br)c(F)c5)CC4)cc3)[nH]c2c1=O. The zero-order valence-electron chi connectivity index (χ0n) is 20.6. The van der Waals surface area contributed by atoms with Crippen molar-refractivity contribution in [3.8, 4) is 11.4 Å². The van der Waals surface area contributed by atoms with Crippen molar-refractivity contribution in [1.82, 2.24) is 28.7 Å². The van der Waals surface area contributed by atoms with Crippen LogP contribution in [-0.2, 0) is 23.1 Å². The van der Waals surface area contributed by atoms with Gasteiger partial charge in [0.25, 0.3) is 5.56 Å². The number of imidazole rings is 1. The maximum atomic E-state index is 13.8. The lowest BCUT2D eigenvalue weighted by atomic mass is 10.2. The number of H-pyrrole nitrogens is 2. The van der Waals surface area contributed by atoms with Crippen molar-refractivity contribution in [2.24, 2.45) is 0 Å². The fourth-order valence-electron chi connectivity index (χ4n) is 4.54. The van der Waals surface area contributed by atoms with Gasteiger partial charge in [-0.1, -0.05) is 13.0 Å². The molecular formula is C25H26BrFN6O4S. The molecule has 38 heavy (non-hydrogen) atoms. The average Bonchev–Trinajstić information content (AvgIpc) is 3.33. The van der Waals surface area contributed by atoms with E-state index in [-0.39, 0.29) is 21.9 Å². The Hall–Kier alpha value is -3.13. The molecule has 0 bridgehead atoms. The quantitative estimate of drug-likeness (QED) is 0.334. The van der Waals surface area contributed by atoms with Crippen LogP contribution < -0.4 is 11.2 Å². The summed E-state index contributed by atoms with van der Waals surface area (Å²) in [6.07, 6.45) is 0.631. The lowest BCUT2D eigenvalue weighted by molar-refractivity contribution is 0.181. The van der Waals surface area contributed by atoms with Gasteiger partial charge in [0.05, 0.1) is 9.37 Å². The van der Waals surface area contributed by atoms with Gasteiger partial charge in [-0.3, -0.25) is 19.2 Å². The molecule has 0 amide bonds. The molecular weight excluding hydrogens is 579 g/mol. The maximum Gasteiger partial charge on any atom is 0.330 e. The van der Waals surface area contributed by atoms with Gasteiger partial charge in [0.1, 0.15) is 17.2 Å². The summed E-state index contributed by atoms with van der Waals surface area (Å²) in [5.74, 6) is 0.0284. The van der Waals surface area contributed by atoms with Crippen LogP contribution in [0.3, 0.4) is 0 Å². The van der Waals surface area contributed by atoms with Crippen molar-refractivity contribution in [3.05, 3.63) is 79.2 Å². The van der Waals surface area contributed by atoms with E-state index in [1.807, 2.05) is 13.0 Å². The molecule has 2 aromatic carbocycles. The molecule has 3 heterocycles. The second kappa shape index (κ2) is 10.6. The third-order valence-electron chi connectivity index (χ3n) is 6.57. The van der Waals surface area contributed by atoms with Crippen LogP contribution in [0.25, 0.3) is 22.6 Å². The standard InChI is InChI=1S/C25H26BrFN6O4S/c1-2-9-33-24(34)21-23(30-25(33)35)29-22(28-21)17-4-6-18(7-5-17)38(36,37)32-12-10-31(11-13-32)15-16-3-8-19(26)20(27)14-16/h3-8,14H,2,9-13,15H2,1H3,(H,28,29)(H,30,35). The van der Waals surface area contributed by atoms with Gasteiger partial charge < -0.3 is 4.98 Å². The second-order valence-electron chi connectivity index (χ2n) is 9.15. The Balaban J connectivity index is 1.29. The van der Waals surface area contributed by atoms with E-state index in [9.17, 15) is 22.4 Å². The second-order valence-corrected chi connectivity index (χ2v) is 11.9. The predicted molar refractivity (Wildman–Crippen MR) is 145 cm³/mol. The van der Waals surface area contributed by atoms with Crippen molar-refractivity contribution in [2.45, 2.75) is 31.3 Å². The van der Waals surface area contributed by atoms with Crippen molar-refractivity contribution >= 4 is 37.1 Å². The predicted octanol–water partition coefficient (Wildman–Crippen LogP) is 2.90. The first-order chi connectivity index (χ1) is 18.2. The normalized spacial score (nSPS) is 15.3. The highest BCUT2D eigenvalue weighted by molar-refractivity contribution is 9.10. The maximum absolute atomic E-state index is 13.8. The molecule has 5 rings (SSSR count). The van der Waals surface area contributed by atoms with Crippen LogP contribution in [0.2, 0.25) is 0 Å². The summed E-state index contributed by atoms with van der Waals surface area (Å²) in [5, 5.41) is 0. The smallest absolute Gasteiger partial charge is 0.330 e. The molecule has 200 valence electrons. The third-order valence-corrected chi connectivity index (χ3v) is 9.12. The van der Waals surface area contributed by atoms with Crippen molar-refractivity contribution in [2.75, 3.05) is 26.2 Å². The Morgan fingerprint density at radius 1 is 1.03 bits per heavy atom. The molecule has 1 fully saturated rings. The molecule has 2 N–H and O–H groups in total. The molecule has 4 aromatic rings. The van der Waals surface area contributed by atoms with E-state index in [4.69, 9.17) is 0 Å². The van der Waals surface area contributed by atoms with Crippen LogP contribution in [0.5, 0.6) is 0 Å². The summed E-state index contributed by atoms with van der Waals surface area (Å²) >= 11 is 3.15. The van der Waals surface area contributed by atoms with Crippen LogP contribution >= 0.6 is 15.9 Å². The lowest BCUT2D eigenvalue weighted by Crippen LogP contribution is -2.48. The number of aromatic amines is 2. The Bertz CT molecular complexity index is 1710. The molecule has 13 heteroatoms. The topological polar surface area (TPSA) is 124 Å². The lowest BCUT2D eigenvalue weighted by Gasteiger charge is -2.34. The van der Waals surface area contributed by atoms with Crippen molar-refractivity contribution in [3.63, 3.8) is 0 Å². The molecule has 0 spiro atoms. The highest BCUT2D eigenvalue weighted by Gasteiger charge is 2.28. The van der Waals surface area contributed by atoms with Crippen LogP contribution in [0.15, 0.2) is 61.4 Å². The van der Waals surface area contributed by atoms with E-state index in [1.54, 1.807) is 18.2 Å². The fraction of sp³-hybridized carbons (Fsp3) is 0.320. The number of nitrogens with zero attached hydrogens (tertiary/aromatic N) is 4. The first-order valence-corrected chi connectivity index (χ1v) is 14.4. The van der Waals surface area contributed by atoms with Crippen LogP contribution in [0.1, 0.15) is 18.9 Å². The molecule has 0 saturated carbocycles. The molecule has 0 aliphatic carbocycles. The van der Waals surface area contributed by atoms with E-state index in [0.717, 1.165) is 10.1 Å². The number of rotatable bonds is 7. The number of aromatic nitrogens is 4. The van der Waals surface area contributed by atoms with Crippen LogP contribution in [0.4, 0.5) is 4.39 Å². The number of benzene rings is 2. The Kier molecular flexibility index (Phi) is 7.36. The molecule has 1 aliphatic heterocycles. The summed E-state index contributed by atoms with van der Waals surface area (Å²) in [5.41, 5.74) is 0.780. The Morgan fingerprint density at radius 2 is 1.74 bits per heavy atom. The van der Waals surface area contributed by atoms with Crippen LogP contribution in [0, 0.1) is 5.82 Å². The minimum Gasteiger partial charge on any atom is -0.332 e. The monoisotopic (exact) mass is 604 g/mol. The van der Waals surface area contributed by atoms with E-state index < -0.39 is 21.3 Å². The number of halogens is 2. The van der Waals surface area contributed by atoms with Crippen LogP contribution in [-0.4, -0.2) is 63.3 Å². The number of nitrogens with one attached hydrogen (secondary N) is 2. The largest absolute Gasteiger partial charge is 0.332 e. The van der Waals surface area contributed by atoms with Crippen molar-refractivity contribution in [1.29, 1.82) is 0 Å². The molecule has 0 unspecified atom stereocenters. The molecule has 0 atom stereocenters. The number of piperazine rings is 1. The summed E-state index contributed by atoms with van der Waals surface area (Å²) in [4.78, 5) is 37.0. The molecule has 2 aromatic heterocycles. The highest BCUT2D eigenvalue weighted by Crippen LogP contribution is 2.24. The van der Waals surface area contributed by atoms with Gasteiger partial charge in [0.2, 0.25) is 10.0 Å². The number of hydrogen-bond donors (Lipinski definition) is 2. The minimum absolute atomic E-state index is 0.152. The van der Waals surface area contributed by atoms with E-state index in [1.165, 1.54) is 22.5 Å². The molecule has 1 saturated heterocycles. The summed E-state index contributed by atoms with van der Waals surface area (Å²) in [7, 11) is -3.71. The zero-order chi connectivity index (χ0) is 27.0. The molecule has 1 aliphatic rings. The van der Waals surface area contributed by atoms with Gasteiger partial charge in [0.15, 0.2) is 5.65 Å². The van der Waals surface area contributed by atoms with E-state index in [0.29, 0.717) is 61.5 Å². The first-order valence-electron chi connectivity index (χ1n) is 12.2. The zero-order valence-corrected chi connectivity index (χ0v) is 23.0. The van der Waals surface area contributed by atoms with Gasteiger partial charge in [-0.25, -0.2) is 22.6 Å². The van der Waals surface area contributed by atoms with Crippen molar-refractivity contribution < 1.29 is 12.8 Å². The fourth-order valence-corrected chi connectivity index (χ4v) is 6.20. The summed E-state index contributed by atoms with van der Waals surface area (Å²) in [6.45, 7) is 4.41. The number of fused-ring (bicyclic) bond motifs is 1. The summed E-state index contributed by atoms with van der Waals surface area (Å²) in [6, 6.07) is 11.2. The molecule has 10 nitrogen and oxygen atoms in total.